The van der Waals surface area contributed by atoms with Crippen molar-refractivity contribution in [1.29, 1.82) is 0 Å². The molecule has 3 heteroatoms. The lowest BCUT2D eigenvalue weighted by Crippen LogP contribution is -2.55. The first-order valence-corrected chi connectivity index (χ1v) is 6.09. The summed E-state index contributed by atoms with van der Waals surface area (Å²) in [6.07, 6.45) is 3.47. The summed E-state index contributed by atoms with van der Waals surface area (Å²) in [6, 6.07) is 0. The van der Waals surface area contributed by atoms with Crippen molar-refractivity contribution in [2.24, 2.45) is 11.3 Å². The fraction of sp³-hybridized carbons (Fsp3) is 0.923. The van der Waals surface area contributed by atoms with Crippen molar-refractivity contribution in [2.45, 2.75) is 52.0 Å². The highest BCUT2D eigenvalue weighted by atomic mass is 16.4. The predicted octanol–water partition coefficient (Wildman–Crippen LogP) is 2.61. The van der Waals surface area contributed by atoms with E-state index in [0.717, 1.165) is 19.3 Å². The molecule has 1 saturated carbocycles. The number of hydrogen-bond donors (Lipinski definition) is 1. The molecule has 0 spiro atoms. The highest BCUT2D eigenvalue weighted by Crippen LogP contribution is 2.47. The Bertz CT molecular complexity index is 273. The van der Waals surface area contributed by atoms with Gasteiger partial charge in [0.1, 0.15) is 0 Å². The third-order valence-electron chi connectivity index (χ3n) is 4.36. The van der Waals surface area contributed by atoms with Crippen LogP contribution in [0.25, 0.3) is 0 Å². The van der Waals surface area contributed by atoms with E-state index in [4.69, 9.17) is 5.11 Å². The molecular formula is C13H25NO2. The summed E-state index contributed by atoms with van der Waals surface area (Å²) in [7, 11) is 4.02. The molecular weight excluding hydrogens is 202 g/mol. The molecule has 16 heavy (non-hydrogen) atoms. The maximum Gasteiger partial charge on any atom is 0.305 e. The third kappa shape index (κ3) is 2.57. The summed E-state index contributed by atoms with van der Waals surface area (Å²) in [5, 5.41) is 9.10. The lowest BCUT2D eigenvalue weighted by molar-refractivity contribution is -0.143. The SMILES string of the molecule is CC1CC(C)(C)CCC1(CC(=O)O)N(C)C. The molecule has 0 aromatic carbocycles. The van der Waals surface area contributed by atoms with Gasteiger partial charge < -0.3 is 10.0 Å². The second-order valence-electron chi connectivity index (χ2n) is 6.34. The molecule has 1 aliphatic rings. The lowest BCUT2D eigenvalue weighted by Gasteiger charge is -2.51. The number of carbonyl (C=O) groups is 1. The van der Waals surface area contributed by atoms with Crippen molar-refractivity contribution in [1.82, 2.24) is 4.90 Å². The first-order chi connectivity index (χ1) is 7.19. The number of nitrogens with zero attached hydrogens (tertiary/aromatic N) is 1. The van der Waals surface area contributed by atoms with Gasteiger partial charge in [-0.1, -0.05) is 20.8 Å². The van der Waals surface area contributed by atoms with Crippen LogP contribution in [0.4, 0.5) is 0 Å². The molecule has 0 aromatic rings. The topological polar surface area (TPSA) is 40.5 Å². The van der Waals surface area contributed by atoms with Gasteiger partial charge in [0.2, 0.25) is 0 Å². The zero-order chi connectivity index (χ0) is 12.6. The molecule has 0 amide bonds. The van der Waals surface area contributed by atoms with Crippen molar-refractivity contribution in [3.05, 3.63) is 0 Å². The van der Waals surface area contributed by atoms with Gasteiger partial charge in [0.25, 0.3) is 0 Å². The Morgan fingerprint density at radius 1 is 1.38 bits per heavy atom. The van der Waals surface area contributed by atoms with Crippen molar-refractivity contribution in [3.63, 3.8) is 0 Å². The van der Waals surface area contributed by atoms with Crippen LogP contribution >= 0.6 is 0 Å². The number of hydrogen-bond acceptors (Lipinski definition) is 2. The number of rotatable bonds is 3. The molecule has 1 fully saturated rings. The van der Waals surface area contributed by atoms with Crippen LogP contribution in [0.3, 0.4) is 0 Å². The van der Waals surface area contributed by atoms with Crippen LogP contribution in [-0.2, 0) is 4.79 Å². The molecule has 0 bridgehead atoms. The minimum absolute atomic E-state index is 0.151. The molecule has 0 heterocycles. The predicted molar refractivity (Wildman–Crippen MR) is 65.5 cm³/mol. The van der Waals surface area contributed by atoms with Gasteiger partial charge in [-0.15, -0.1) is 0 Å². The van der Waals surface area contributed by atoms with E-state index in [1.807, 2.05) is 14.1 Å². The summed E-state index contributed by atoms with van der Waals surface area (Å²) in [4.78, 5) is 13.2. The van der Waals surface area contributed by atoms with Gasteiger partial charge in [-0.2, -0.15) is 0 Å². The minimum Gasteiger partial charge on any atom is -0.481 e. The van der Waals surface area contributed by atoms with E-state index in [0.29, 0.717) is 11.3 Å². The fourth-order valence-corrected chi connectivity index (χ4v) is 3.27. The van der Waals surface area contributed by atoms with Crippen molar-refractivity contribution >= 4 is 5.97 Å². The Kier molecular flexibility index (Phi) is 3.68. The Balaban J connectivity index is 2.91. The van der Waals surface area contributed by atoms with E-state index < -0.39 is 5.97 Å². The molecule has 1 aliphatic carbocycles. The Morgan fingerprint density at radius 3 is 2.31 bits per heavy atom. The maximum absolute atomic E-state index is 11.1. The number of aliphatic carboxylic acids is 1. The lowest BCUT2D eigenvalue weighted by atomic mass is 9.62. The van der Waals surface area contributed by atoms with Gasteiger partial charge in [0, 0.05) is 5.54 Å². The van der Waals surface area contributed by atoms with E-state index >= 15 is 0 Å². The zero-order valence-electron chi connectivity index (χ0n) is 11.2. The maximum atomic E-state index is 11.1. The summed E-state index contributed by atoms with van der Waals surface area (Å²) in [6.45, 7) is 6.76. The normalized spacial score (nSPS) is 34.0. The van der Waals surface area contributed by atoms with Crippen LogP contribution < -0.4 is 0 Å². The van der Waals surface area contributed by atoms with Crippen molar-refractivity contribution in [3.8, 4) is 0 Å². The van der Waals surface area contributed by atoms with Gasteiger partial charge in [0.15, 0.2) is 0 Å². The highest BCUT2D eigenvalue weighted by Gasteiger charge is 2.46. The molecule has 0 aromatic heterocycles. The molecule has 0 saturated heterocycles. The monoisotopic (exact) mass is 227 g/mol. The van der Waals surface area contributed by atoms with E-state index in [2.05, 4.69) is 25.7 Å². The van der Waals surface area contributed by atoms with Gasteiger partial charge in [-0.05, 0) is 44.7 Å². The van der Waals surface area contributed by atoms with Crippen LogP contribution in [0, 0.1) is 11.3 Å². The standard InChI is InChI=1S/C13H25NO2/c1-10-8-12(2,3)6-7-13(10,14(4)5)9-11(15)16/h10H,6-9H2,1-5H3,(H,15,16). The second kappa shape index (κ2) is 4.36. The molecule has 0 radical (unpaired) electrons. The van der Waals surface area contributed by atoms with Crippen molar-refractivity contribution in [2.75, 3.05) is 14.1 Å². The molecule has 94 valence electrons. The van der Waals surface area contributed by atoms with Gasteiger partial charge in [0.05, 0.1) is 6.42 Å². The first kappa shape index (κ1) is 13.5. The minimum atomic E-state index is -0.680. The van der Waals surface area contributed by atoms with Gasteiger partial charge in [-0.25, -0.2) is 0 Å². The Hall–Kier alpha value is -0.570. The van der Waals surface area contributed by atoms with Gasteiger partial charge >= 0.3 is 5.97 Å². The summed E-state index contributed by atoms with van der Waals surface area (Å²) in [5.74, 6) is -0.248. The molecule has 2 unspecified atom stereocenters. The summed E-state index contributed by atoms with van der Waals surface area (Å²) < 4.78 is 0. The van der Waals surface area contributed by atoms with Crippen molar-refractivity contribution < 1.29 is 9.90 Å². The largest absolute Gasteiger partial charge is 0.481 e. The fourth-order valence-electron chi connectivity index (χ4n) is 3.27. The summed E-state index contributed by atoms with van der Waals surface area (Å²) in [5.41, 5.74) is 0.207. The van der Waals surface area contributed by atoms with Crippen LogP contribution in [0.15, 0.2) is 0 Å². The molecule has 3 nitrogen and oxygen atoms in total. The summed E-state index contributed by atoms with van der Waals surface area (Å²) >= 11 is 0. The van der Waals surface area contributed by atoms with E-state index in [1.165, 1.54) is 0 Å². The molecule has 1 N–H and O–H groups in total. The zero-order valence-corrected chi connectivity index (χ0v) is 11.2. The first-order valence-electron chi connectivity index (χ1n) is 6.09. The average Bonchev–Trinajstić information content (AvgIpc) is 2.08. The number of carboxylic acids is 1. The molecule has 1 rings (SSSR count). The Labute approximate surface area is 98.8 Å². The molecule has 0 aliphatic heterocycles. The van der Waals surface area contributed by atoms with E-state index in [-0.39, 0.29) is 12.0 Å². The molecule has 2 atom stereocenters. The van der Waals surface area contributed by atoms with E-state index in [1.54, 1.807) is 0 Å². The second-order valence-corrected chi connectivity index (χ2v) is 6.34. The smallest absolute Gasteiger partial charge is 0.305 e. The third-order valence-corrected chi connectivity index (χ3v) is 4.36. The van der Waals surface area contributed by atoms with Crippen LogP contribution in [-0.4, -0.2) is 35.6 Å². The highest BCUT2D eigenvalue weighted by molar-refractivity contribution is 5.68. The number of carboxylic acid groups (broad SMARTS) is 1. The van der Waals surface area contributed by atoms with Crippen LogP contribution in [0.1, 0.15) is 46.5 Å². The quantitative estimate of drug-likeness (QED) is 0.805. The van der Waals surface area contributed by atoms with Gasteiger partial charge in [-0.3, -0.25) is 4.79 Å². The van der Waals surface area contributed by atoms with Crippen LogP contribution in [0.2, 0.25) is 0 Å². The van der Waals surface area contributed by atoms with Crippen LogP contribution in [0.5, 0.6) is 0 Å². The van der Waals surface area contributed by atoms with E-state index in [9.17, 15) is 4.79 Å². The average molecular weight is 227 g/mol. The Morgan fingerprint density at radius 2 is 1.94 bits per heavy atom.